The summed E-state index contributed by atoms with van der Waals surface area (Å²) in [5.74, 6) is -0.0495. The minimum Gasteiger partial charge on any atom is -0.466 e. The normalized spacial score (nSPS) is 12.7. The molecule has 6 heteroatoms. The molecule has 0 aliphatic heterocycles. The molecule has 3 N–H and O–H groups in total. The van der Waals surface area contributed by atoms with E-state index >= 15 is 0 Å². The van der Waals surface area contributed by atoms with Gasteiger partial charge in [0.05, 0.1) is 25.4 Å². The molecule has 0 aromatic heterocycles. The van der Waals surface area contributed by atoms with E-state index in [0.29, 0.717) is 19.4 Å². The molecule has 0 bridgehead atoms. The number of rotatable bonds is 66. The number of hydrogen-bond donors (Lipinski definition) is 3. The molecular weight excluding hydrogens is 959 g/mol. The molecule has 0 spiro atoms. The van der Waals surface area contributed by atoms with Crippen LogP contribution in [0.15, 0.2) is 36.5 Å². The van der Waals surface area contributed by atoms with Crippen molar-refractivity contribution in [2.24, 2.45) is 0 Å². The van der Waals surface area contributed by atoms with Crippen LogP contribution in [0.25, 0.3) is 0 Å². The average Bonchev–Trinajstić information content (AvgIpc) is 3.44. The third kappa shape index (κ3) is 63.3. The molecule has 0 saturated carbocycles. The van der Waals surface area contributed by atoms with Gasteiger partial charge in [0.2, 0.25) is 5.91 Å². The first-order chi connectivity index (χ1) is 38.5. The van der Waals surface area contributed by atoms with Gasteiger partial charge in [-0.15, -0.1) is 0 Å². The van der Waals surface area contributed by atoms with Gasteiger partial charge in [-0.3, -0.25) is 9.59 Å². The lowest BCUT2D eigenvalue weighted by Crippen LogP contribution is -2.45. The van der Waals surface area contributed by atoms with E-state index in [9.17, 15) is 19.8 Å². The molecule has 460 valence electrons. The van der Waals surface area contributed by atoms with E-state index < -0.39 is 12.1 Å². The molecular formula is C72H137NO5. The quantitative estimate of drug-likeness (QED) is 0.0320. The molecule has 0 aromatic rings. The Morgan fingerprint density at radius 2 is 0.641 bits per heavy atom. The van der Waals surface area contributed by atoms with Crippen molar-refractivity contribution in [1.82, 2.24) is 5.32 Å². The summed E-state index contributed by atoms with van der Waals surface area (Å²) < 4.78 is 5.51. The van der Waals surface area contributed by atoms with E-state index in [-0.39, 0.29) is 18.5 Å². The number of nitrogens with one attached hydrogen (secondary N) is 1. The molecule has 0 radical (unpaired) electrons. The number of hydrogen-bond acceptors (Lipinski definition) is 5. The molecule has 6 nitrogen and oxygen atoms in total. The number of carbonyl (C=O) groups is 2. The van der Waals surface area contributed by atoms with Gasteiger partial charge in [0.15, 0.2) is 0 Å². The maximum absolute atomic E-state index is 12.4. The van der Waals surface area contributed by atoms with Crippen LogP contribution in [0.1, 0.15) is 386 Å². The fourth-order valence-corrected chi connectivity index (χ4v) is 11.0. The Balaban J connectivity index is 3.30. The van der Waals surface area contributed by atoms with Gasteiger partial charge in [-0.25, -0.2) is 0 Å². The van der Waals surface area contributed by atoms with Crippen LogP contribution in [0.4, 0.5) is 0 Å². The minimum atomic E-state index is -0.839. The van der Waals surface area contributed by atoms with E-state index in [4.69, 9.17) is 4.74 Å². The zero-order valence-electron chi connectivity index (χ0n) is 52.7. The predicted octanol–water partition coefficient (Wildman–Crippen LogP) is 22.7. The highest BCUT2D eigenvalue weighted by Gasteiger charge is 2.18. The molecule has 0 aliphatic rings. The van der Waals surface area contributed by atoms with Crippen molar-refractivity contribution in [3.63, 3.8) is 0 Å². The SMILES string of the molecule is CCCCCC/C=C\C/C=C\CCCCCCCCCC(=O)OCCCCCCCCCCCCCCCCCCCCCCCCCCCCCCCCCCCC(=O)NC(CO)C(O)/C=C/CCCCCCCCCC. The minimum absolute atomic E-state index is 0.0143. The van der Waals surface area contributed by atoms with Gasteiger partial charge in [0.1, 0.15) is 0 Å². The number of ether oxygens (including phenoxy) is 1. The number of aliphatic hydroxyl groups excluding tert-OH is 2. The second kappa shape index (κ2) is 67.6. The summed E-state index contributed by atoms with van der Waals surface area (Å²) in [5, 5.41) is 23.0. The summed E-state index contributed by atoms with van der Waals surface area (Å²) in [6, 6.07) is -0.622. The van der Waals surface area contributed by atoms with E-state index in [1.54, 1.807) is 6.08 Å². The Morgan fingerprint density at radius 1 is 0.359 bits per heavy atom. The largest absolute Gasteiger partial charge is 0.466 e. The lowest BCUT2D eigenvalue weighted by molar-refractivity contribution is -0.143. The maximum atomic E-state index is 12.4. The van der Waals surface area contributed by atoms with Crippen molar-refractivity contribution in [2.75, 3.05) is 13.2 Å². The van der Waals surface area contributed by atoms with Crippen molar-refractivity contribution in [2.45, 2.75) is 398 Å². The van der Waals surface area contributed by atoms with Crippen LogP contribution in [0.5, 0.6) is 0 Å². The first-order valence-electron chi connectivity index (χ1n) is 35.3. The maximum Gasteiger partial charge on any atom is 0.305 e. The predicted molar refractivity (Wildman–Crippen MR) is 343 cm³/mol. The summed E-state index contributed by atoms with van der Waals surface area (Å²) in [6.07, 6.45) is 86.7. The number of esters is 1. The lowest BCUT2D eigenvalue weighted by Gasteiger charge is -2.20. The molecule has 0 fully saturated rings. The highest BCUT2D eigenvalue weighted by Crippen LogP contribution is 2.19. The summed E-state index contributed by atoms with van der Waals surface area (Å²) in [7, 11) is 0. The zero-order valence-corrected chi connectivity index (χ0v) is 52.7. The second-order valence-electron chi connectivity index (χ2n) is 24.2. The molecule has 2 atom stereocenters. The molecule has 0 aliphatic carbocycles. The Labute approximate surface area is 487 Å². The van der Waals surface area contributed by atoms with Crippen LogP contribution in [-0.2, 0) is 14.3 Å². The Morgan fingerprint density at radius 3 is 0.987 bits per heavy atom. The van der Waals surface area contributed by atoms with Gasteiger partial charge in [-0.2, -0.15) is 0 Å². The first-order valence-corrected chi connectivity index (χ1v) is 35.3. The van der Waals surface area contributed by atoms with Crippen molar-refractivity contribution in [3.05, 3.63) is 36.5 Å². The molecule has 2 unspecified atom stereocenters. The number of amides is 1. The molecule has 0 saturated heterocycles. The Kier molecular flexibility index (Phi) is 65.9. The Hall–Kier alpha value is -1.92. The van der Waals surface area contributed by atoms with Crippen LogP contribution in [-0.4, -0.2) is 47.4 Å². The monoisotopic (exact) mass is 1100 g/mol. The van der Waals surface area contributed by atoms with Crippen molar-refractivity contribution < 1.29 is 24.5 Å². The number of unbranched alkanes of at least 4 members (excludes halogenated alkanes) is 51. The van der Waals surface area contributed by atoms with Gasteiger partial charge in [0, 0.05) is 12.8 Å². The van der Waals surface area contributed by atoms with Gasteiger partial charge in [-0.05, 0) is 64.2 Å². The van der Waals surface area contributed by atoms with E-state index in [0.717, 1.165) is 51.4 Å². The smallest absolute Gasteiger partial charge is 0.305 e. The third-order valence-electron chi connectivity index (χ3n) is 16.4. The average molecular weight is 1100 g/mol. The van der Waals surface area contributed by atoms with Crippen LogP contribution in [0.2, 0.25) is 0 Å². The van der Waals surface area contributed by atoms with E-state index in [1.165, 1.54) is 308 Å². The number of allylic oxidation sites excluding steroid dienone is 5. The van der Waals surface area contributed by atoms with Gasteiger partial charge in [-0.1, -0.05) is 346 Å². The zero-order chi connectivity index (χ0) is 56.4. The summed E-state index contributed by atoms with van der Waals surface area (Å²) in [5.41, 5.74) is 0. The van der Waals surface area contributed by atoms with Crippen molar-refractivity contribution in [1.29, 1.82) is 0 Å². The van der Waals surface area contributed by atoms with E-state index in [1.807, 2.05) is 6.08 Å². The van der Waals surface area contributed by atoms with Gasteiger partial charge >= 0.3 is 5.97 Å². The highest BCUT2D eigenvalue weighted by molar-refractivity contribution is 5.76. The summed E-state index contributed by atoms with van der Waals surface area (Å²) >= 11 is 0. The molecule has 1 amide bonds. The number of aliphatic hydroxyl groups is 2. The van der Waals surface area contributed by atoms with Crippen LogP contribution < -0.4 is 5.32 Å². The molecule has 0 heterocycles. The van der Waals surface area contributed by atoms with Crippen molar-refractivity contribution >= 4 is 11.9 Å². The first kappa shape index (κ1) is 76.1. The van der Waals surface area contributed by atoms with Crippen LogP contribution in [0, 0.1) is 0 Å². The number of carbonyl (C=O) groups excluding carboxylic acids is 2. The van der Waals surface area contributed by atoms with E-state index in [2.05, 4.69) is 43.5 Å². The van der Waals surface area contributed by atoms with Crippen LogP contribution >= 0.6 is 0 Å². The van der Waals surface area contributed by atoms with Crippen LogP contribution in [0.3, 0.4) is 0 Å². The summed E-state index contributed by atoms with van der Waals surface area (Å²) in [4.78, 5) is 24.5. The topological polar surface area (TPSA) is 95.9 Å². The standard InChI is InChI=1S/C72H137NO5/c1-3-5-7-9-11-13-15-16-17-18-37-40-43-46-50-54-58-62-66-72(77)78-67-63-59-55-51-47-44-41-38-35-33-31-29-27-25-23-21-19-20-22-24-26-28-30-32-34-36-39-42-45-49-53-57-61-65-71(76)73-69(68-74)70(75)64-60-56-52-48-14-12-10-8-6-4-2/h13,15,17-18,60,64,69-70,74-75H,3-12,14,16,19-59,61-63,65-68H2,1-2H3,(H,73,76)/b15-13-,18-17-,64-60+. The Bertz CT molecular complexity index is 1260. The fourth-order valence-electron chi connectivity index (χ4n) is 11.0. The van der Waals surface area contributed by atoms with Crippen molar-refractivity contribution in [3.8, 4) is 0 Å². The lowest BCUT2D eigenvalue weighted by atomic mass is 10.0. The second-order valence-corrected chi connectivity index (χ2v) is 24.2. The van der Waals surface area contributed by atoms with Gasteiger partial charge in [0.25, 0.3) is 0 Å². The fraction of sp³-hybridized carbons (Fsp3) is 0.889. The highest BCUT2D eigenvalue weighted by atomic mass is 16.5. The van der Waals surface area contributed by atoms with Gasteiger partial charge < -0.3 is 20.3 Å². The molecule has 0 aromatic carbocycles. The summed E-state index contributed by atoms with van der Waals surface area (Å²) in [6.45, 7) is 4.89. The molecule has 78 heavy (non-hydrogen) atoms. The third-order valence-corrected chi connectivity index (χ3v) is 16.4. The molecule has 0 rings (SSSR count).